The van der Waals surface area contributed by atoms with E-state index in [1.807, 2.05) is 31.3 Å². The Balaban J connectivity index is 2.30. The van der Waals surface area contributed by atoms with Crippen molar-refractivity contribution in [2.45, 2.75) is 6.42 Å². The maximum atomic E-state index is 6.11. The lowest BCUT2D eigenvalue weighted by Gasteiger charge is -2.04. The molecule has 0 saturated carbocycles. The smallest absolute Gasteiger partial charge is 0.152 e. The molecule has 0 unspecified atom stereocenters. The molecule has 0 saturated heterocycles. The Kier molecular flexibility index (Phi) is 4.01. The van der Waals surface area contributed by atoms with E-state index in [0.717, 1.165) is 30.0 Å². The molecule has 17 heavy (non-hydrogen) atoms. The van der Waals surface area contributed by atoms with Crippen molar-refractivity contribution in [3.63, 3.8) is 0 Å². The lowest BCUT2D eigenvalue weighted by atomic mass is 10.1. The predicted molar refractivity (Wildman–Crippen MR) is 67.9 cm³/mol. The van der Waals surface area contributed by atoms with Gasteiger partial charge in [-0.1, -0.05) is 29.8 Å². The molecule has 0 spiro atoms. The van der Waals surface area contributed by atoms with Crippen molar-refractivity contribution in [3.05, 3.63) is 41.3 Å². The maximum Gasteiger partial charge on any atom is 0.152 e. The van der Waals surface area contributed by atoms with Gasteiger partial charge in [0.25, 0.3) is 0 Å². The van der Waals surface area contributed by atoms with E-state index < -0.39 is 0 Å². The van der Waals surface area contributed by atoms with Crippen molar-refractivity contribution in [2.24, 2.45) is 0 Å². The molecule has 0 aliphatic carbocycles. The Hall–Kier alpha value is -1.52. The quantitative estimate of drug-likeness (QED) is 0.899. The van der Waals surface area contributed by atoms with Crippen LogP contribution in [0.3, 0.4) is 0 Å². The van der Waals surface area contributed by atoms with E-state index in [0.29, 0.717) is 5.02 Å². The third-order valence-corrected chi connectivity index (χ3v) is 2.68. The SMILES string of the molecule is CNCCc1nncc(-c2ccccc2Cl)n1. The van der Waals surface area contributed by atoms with Gasteiger partial charge in [0.2, 0.25) is 0 Å². The second kappa shape index (κ2) is 5.70. The second-order valence-electron chi connectivity index (χ2n) is 3.59. The number of aromatic nitrogens is 3. The molecule has 0 bridgehead atoms. The van der Waals surface area contributed by atoms with Crippen molar-refractivity contribution in [3.8, 4) is 11.3 Å². The van der Waals surface area contributed by atoms with Crippen LogP contribution in [0.5, 0.6) is 0 Å². The molecular formula is C12H13ClN4. The van der Waals surface area contributed by atoms with Gasteiger partial charge in [0.05, 0.1) is 16.9 Å². The van der Waals surface area contributed by atoms with Crippen molar-refractivity contribution < 1.29 is 0 Å². The summed E-state index contributed by atoms with van der Waals surface area (Å²) in [5, 5.41) is 11.7. The fraction of sp³-hybridized carbons (Fsp3) is 0.250. The van der Waals surface area contributed by atoms with Crippen LogP contribution < -0.4 is 5.32 Å². The number of rotatable bonds is 4. The standard InChI is InChI=1S/C12H13ClN4/c1-14-7-6-12-16-11(8-15-17-12)9-4-2-3-5-10(9)13/h2-5,8,14H,6-7H2,1H3. The predicted octanol–water partition coefficient (Wildman–Crippen LogP) is 1.95. The largest absolute Gasteiger partial charge is 0.319 e. The van der Waals surface area contributed by atoms with Crippen molar-refractivity contribution in [1.82, 2.24) is 20.5 Å². The van der Waals surface area contributed by atoms with Crippen LogP contribution >= 0.6 is 11.6 Å². The normalized spacial score (nSPS) is 10.5. The maximum absolute atomic E-state index is 6.11. The van der Waals surface area contributed by atoms with Crippen LogP contribution in [0.25, 0.3) is 11.3 Å². The molecule has 0 aliphatic heterocycles. The van der Waals surface area contributed by atoms with Gasteiger partial charge in [-0.3, -0.25) is 0 Å². The molecule has 1 heterocycles. The van der Waals surface area contributed by atoms with Crippen LogP contribution in [0.1, 0.15) is 5.82 Å². The Bertz CT molecular complexity index is 501. The molecule has 0 radical (unpaired) electrons. The van der Waals surface area contributed by atoms with Crippen LogP contribution in [-0.4, -0.2) is 28.8 Å². The minimum atomic E-state index is 0.674. The number of hydrogen-bond donors (Lipinski definition) is 1. The summed E-state index contributed by atoms with van der Waals surface area (Å²) in [6.45, 7) is 0.827. The first-order chi connectivity index (χ1) is 8.31. The van der Waals surface area contributed by atoms with E-state index in [2.05, 4.69) is 20.5 Å². The highest BCUT2D eigenvalue weighted by Crippen LogP contribution is 2.24. The molecule has 1 N–H and O–H groups in total. The van der Waals surface area contributed by atoms with Gasteiger partial charge in [0, 0.05) is 18.5 Å². The van der Waals surface area contributed by atoms with Crippen molar-refractivity contribution in [2.75, 3.05) is 13.6 Å². The molecule has 0 fully saturated rings. The number of nitrogens with zero attached hydrogens (tertiary/aromatic N) is 3. The van der Waals surface area contributed by atoms with E-state index >= 15 is 0 Å². The van der Waals surface area contributed by atoms with E-state index in [1.54, 1.807) is 6.20 Å². The van der Waals surface area contributed by atoms with Gasteiger partial charge >= 0.3 is 0 Å². The van der Waals surface area contributed by atoms with Crippen LogP contribution in [0, 0.1) is 0 Å². The Morgan fingerprint density at radius 3 is 2.88 bits per heavy atom. The van der Waals surface area contributed by atoms with Crippen LogP contribution in [-0.2, 0) is 6.42 Å². The number of benzene rings is 1. The lowest BCUT2D eigenvalue weighted by molar-refractivity contribution is 0.735. The zero-order chi connectivity index (χ0) is 12.1. The number of halogens is 1. The van der Waals surface area contributed by atoms with E-state index in [4.69, 9.17) is 11.6 Å². The molecule has 5 heteroatoms. The molecule has 88 valence electrons. The fourth-order valence-corrected chi connectivity index (χ4v) is 1.71. The highest BCUT2D eigenvalue weighted by Gasteiger charge is 2.06. The minimum Gasteiger partial charge on any atom is -0.319 e. The summed E-state index contributed by atoms with van der Waals surface area (Å²) >= 11 is 6.11. The van der Waals surface area contributed by atoms with Crippen molar-refractivity contribution >= 4 is 11.6 Å². The number of hydrogen-bond acceptors (Lipinski definition) is 4. The first-order valence-corrected chi connectivity index (χ1v) is 5.77. The summed E-state index contributed by atoms with van der Waals surface area (Å²) in [6.07, 6.45) is 2.38. The van der Waals surface area contributed by atoms with Gasteiger partial charge in [-0.2, -0.15) is 5.10 Å². The van der Waals surface area contributed by atoms with Gasteiger partial charge in [-0.15, -0.1) is 5.10 Å². The second-order valence-corrected chi connectivity index (χ2v) is 4.00. The molecule has 0 amide bonds. The first kappa shape index (κ1) is 12.0. The van der Waals surface area contributed by atoms with Crippen LogP contribution in [0.4, 0.5) is 0 Å². The highest BCUT2D eigenvalue weighted by atomic mass is 35.5. The molecule has 2 aromatic rings. The van der Waals surface area contributed by atoms with E-state index in [1.165, 1.54) is 0 Å². The monoisotopic (exact) mass is 248 g/mol. The summed E-state index contributed by atoms with van der Waals surface area (Å²) in [5.74, 6) is 0.719. The molecular weight excluding hydrogens is 236 g/mol. The number of nitrogens with one attached hydrogen (secondary N) is 1. The Labute approximate surface area is 105 Å². The van der Waals surface area contributed by atoms with E-state index in [9.17, 15) is 0 Å². The lowest BCUT2D eigenvalue weighted by Crippen LogP contribution is -2.13. The molecule has 0 atom stereocenters. The zero-order valence-corrected chi connectivity index (χ0v) is 10.3. The zero-order valence-electron chi connectivity index (χ0n) is 9.52. The summed E-state index contributed by atoms with van der Waals surface area (Å²) in [4.78, 5) is 4.44. The summed E-state index contributed by atoms with van der Waals surface area (Å²) in [6, 6.07) is 7.58. The molecule has 4 nitrogen and oxygen atoms in total. The van der Waals surface area contributed by atoms with Gasteiger partial charge in [-0.05, 0) is 13.1 Å². The summed E-state index contributed by atoms with van der Waals surface area (Å²) in [7, 11) is 1.89. The average molecular weight is 249 g/mol. The summed E-state index contributed by atoms with van der Waals surface area (Å²) < 4.78 is 0. The van der Waals surface area contributed by atoms with Crippen LogP contribution in [0.2, 0.25) is 5.02 Å². The van der Waals surface area contributed by atoms with Crippen molar-refractivity contribution in [1.29, 1.82) is 0 Å². The molecule has 2 rings (SSSR count). The van der Waals surface area contributed by atoms with E-state index in [-0.39, 0.29) is 0 Å². The first-order valence-electron chi connectivity index (χ1n) is 5.39. The Morgan fingerprint density at radius 1 is 1.29 bits per heavy atom. The molecule has 1 aromatic carbocycles. The minimum absolute atomic E-state index is 0.674. The van der Waals surface area contributed by atoms with Gasteiger partial charge in [0.15, 0.2) is 5.82 Å². The highest BCUT2D eigenvalue weighted by molar-refractivity contribution is 6.33. The number of likely N-dealkylation sites (N-methyl/N-ethyl adjacent to an activating group) is 1. The molecule has 0 aliphatic rings. The summed E-state index contributed by atoms with van der Waals surface area (Å²) in [5.41, 5.74) is 1.64. The molecule has 1 aromatic heterocycles. The third-order valence-electron chi connectivity index (χ3n) is 2.35. The van der Waals surface area contributed by atoms with Gasteiger partial charge in [-0.25, -0.2) is 4.98 Å². The fourth-order valence-electron chi connectivity index (χ4n) is 1.48. The van der Waals surface area contributed by atoms with Crippen LogP contribution in [0.15, 0.2) is 30.5 Å². The van der Waals surface area contributed by atoms with Gasteiger partial charge in [0.1, 0.15) is 0 Å². The third kappa shape index (κ3) is 2.99. The van der Waals surface area contributed by atoms with Gasteiger partial charge < -0.3 is 5.32 Å². The average Bonchev–Trinajstić information content (AvgIpc) is 2.37. The Morgan fingerprint density at radius 2 is 2.12 bits per heavy atom. The topological polar surface area (TPSA) is 50.7 Å².